The van der Waals surface area contributed by atoms with E-state index in [-0.39, 0.29) is 6.10 Å². The quantitative estimate of drug-likeness (QED) is 0.843. The molecule has 1 aromatic carbocycles. The highest BCUT2D eigenvalue weighted by atomic mass is 127. The third-order valence-corrected chi connectivity index (χ3v) is 2.77. The highest BCUT2D eigenvalue weighted by Gasteiger charge is 2.19. The van der Waals surface area contributed by atoms with Gasteiger partial charge in [0, 0.05) is 9.99 Å². The first-order valence-corrected chi connectivity index (χ1v) is 6.19. The predicted octanol–water partition coefficient (Wildman–Crippen LogP) is 2.71. The minimum absolute atomic E-state index is 0.0788. The molecule has 0 amide bonds. The van der Waals surface area contributed by atoms with Crippen molar-refractivity contribution in [2.24, 2.45) is 0 Å². The molecule has 4 heteroatoms. The van der Waals surface area contributed by atoms with Gasteiger partial charge in [-0.15, -0.1) is 0 Å². The number of carboxylic acids is 1. The van der Waals surface area contributed by atoms with Crippen molar-refractivity contribution in [2.75, 3.05) is 0 Å². The Morgan fingerprint density at radius 1 is 1.38 bits per heavy atom. The van der Waals surface area contributed by atoms with E-state index in [1.165, 1.54) is 0 Å². The summed E-state index contributed by atoms with van der Waals surface area (Å²) in [5.74, 6) is -0.910. The number of carbonyl (C=O) groups is 1. The summed E-state index contributed by atoms with van der Waals surface area (Å²) in [6.45, 7) is 3.67. The molecule has 0 aliphatic rings. The summed E-state index contributed by atoms with van der Waals surface area (Å²) in [6, 6.07) is 7.79. The molecule has 1 aromatic rings. The Labute approximate surface area is 109 Å². The van der Waals surface area contributed by atoms with Crippen LogP contribution in [0.2, 0.25) is 0 Å². The Morgan fingerprint density at radius 2 is 1.94 bits per heavy atom. The SMILES string of the molecule is CC(C)O[C@@H](Cc1ccc(I)cc1)C(=O)O. The van der Waals surface area contributed by atoms with Crippen LogP contribution in [0, 0.1) is 3.57 Å². The van der Waals surface area contributed by atoms with Crippen molar-refractivity contribution >= 4 is 28.6 Å². The van der Waals surface area contributed by atoms with Crippen molar-refractivity contribution in [3.8, 4) is 0 Å². The lowest BCUT2D eigenvalue weighted by Crippen LogP contribution is -2.29. The van der Waals surface area contributed by atoms with Crippen LogP contribution >= 0.6 is 22.6 Å². The summed E-state index contributed by atoms with van der Waals surface area (Å²) in [4.78, 5) is 11.0. The van der Waals surface area contributed by atoms with E-state index in [1.54, 1.807) is 0 Å². The second-order valence-corrected chi connectivity index (χ2v) is 5.09. The minimum Gasteiger partial charge on any atom is -0.479 e. The molecule has 0 fully saturated rings. The fraction of sp³-hybridized carbons (Fsp3) is 0.417. The first kappa shape index (κ1) is 13.4. The number of aliphatic carboxylic acids is 1. The van der Waals surface area contributed by atoms with Gasteiger partial charge in [0.2, 0.25) is 0 Å². The second kappa shape index (κ2) is 6.20. The van der Waals surface area contributed by atoms with E-state index >= 15 is 0 Å². The maximum atomic E-state index is 11.0. The van der Waals surface area contributed by atoms with Gasteiger partial charge in [0.15, 0.2) is 6.10 Å². The molecular formula is C12H15IO3. The Hall–Kier alpha value is -0.620. The molecule has 0 aliphatic heterocycles. The molecule has 0 radical (unpaired) electrons. The molecule has 0 aromatic heterocycles. The van der Waals surface area contributed by atoms with Gasteiger partial charge in [0.05, 0.1) is 6.10 Å². The van der Waals surface area contributed by atoms with Gasteiger partial charge < -0.3 is 9.84 Å². The number of ether oxygens (including phenoxy) is 1. The van der Waals surface area contributed by atoms with Crippen LogP contribution in [0.25, 0.3) is 0 Å². The predicted molar refractivity (Wildman–Crippen MR) is 70.5 cm³/mol. The molecule has 0 heterocycles. The van der Waals surface area contributed by atoms with Crippen molar-refractivity contribution in [1.82, 2.24) is 0 Å². The second-order valence-electron chi connectivity index (χ2n) is 3.84. The number of hydrogen-bond donors (Lipinski definition) is 1. The molecule has 3 nitrogen and oxygen atoms in total. The van der Waals surface area contributed by atoms with Crippen LogP contribution in [0.4, 0.5) is 0 Å². The average Bonchev–Trinajstić information content (AvgIpc) is 2.19. The number of carboxylic acid groups (broad SMARTS) is 1. The summed E-state index contributed by atoms with van der Waals surface area (Å²) in [6.07, 6.45) is -0.435. The van der Waals surface area contributed by atoms with E-state index in [4.69, 9.17) is 9.84 Å². The van der Waals surface area contributed by atoms with Crippen LogP contribution in [0.3, 0.4) is 0 Å². The fourth-order valence-electron chi connectivity index (χ4n) is 1.36. The van der Waals surface area contributed by atoms with E-state index in [0.29, 0.717) is 6.42 Å². The molecule has 16 heavy (non-hydrogen) atoms. The smallest absolute Gasteiger partial charge is 0.333 e. The normalized spacial score (nSPS) is 12.8. The van der Waals surface area contributed by atoms with Crippen LogP contribution in [0.1, 0.15) is 19.4 Å². The van der Waals surface area contributed by atoms with Crippen LogP contribution < -0.4 is 0 Å². The Balaban J connectivity index is 2.68. The monoisotopic (exact) mass is 334 g/mol. The molecule has 88 valence electrons. The largest absolute Gasteiger partial charge is 0.479 e. The summed E-state index contributed by atoms with van der Waals surface area (Å²) in [5, 5.41) is 9.01. The third-order valence-electron chi connectivity index (χ3n) is 2.05. The highest BCUT2D eigenvalue weighted by molar-refractivity contribution is 14.1. The van der Waals surface area contributed by atoms with Crippen LogP contribution in [0.5, 0.6) is 0 Å². The van der Waals surface area contributed by atoms with Gasteiger partial charge in [-0.05, 0) is 54.1 Å². The van der Waals surface area contributed by atoms with E-state index in [9.17, 15) is 4.79 Å². The maximum Gasteiger partial charge on any atom is 0.333 e. The molecular weight excluding hydrogens is 319 g/mol. The van der Waals surface area contributed by atoms with Crippen LogP contribution in [0.15, 0.2) is 24.3 Å². The van der Waals surface area contributed by atoms with Gasteiger partial charge in [-0.25, -0.2) is 4.79 Å². The Morgan fingerprint density at radius 3 is 2.38 bits per heavy atom. The number of rotatable bonds is 5. The molecule has 0 saturated heterocycles. The number of hydrogen-bond acceptors (Lipinski definition) is 2. The molecule has 1 rings (SSSR count). The zero-order chi connectivity index (χ0) is 12.1. The van der Waals surface area contributed by atoms with E-state index in [2.05, 4.69) is 22.6 Å². The first-order chi connectivity index (χ1) is 7.49. The van der Waals surface area contributed by atoms with Crippen molar-refractivity contribution in [3.63, 3.8) is 0 Å². The van der Waals surface area contributed by atoms with Gasteiger partial charge in [-0.2, -0.15) is 0 Å². The molecule has 1 N–H and O–H groups in total. The standard InChI is InChI=1S/C12H15IO3/c1-8(2)16-11(12(14)15)7-9-3-5-10(13)6-4-9/h3-6,8,11H,7H2,1-2H3,(H,14,15)/t11-/m0/s1. The van der Waals surface area contributed by atoms with Gasteiger partial charge in [-0.3, -0.25) is 0 Å². The van der Waals surface area contributed by atoms with Gasteiger partial charge in [0.25, 0.3) is 0 Å². The molecule has 0 aliphatic carbocycles. The van der Waals surface area contributed by atoms with Crippen molar-refractivity contribution in [2.45, 2.75) is 32.5 Å². The lowest BCUT2D eigenvalue weighted by atomic mass is 10.1. The van der Waals surface area contributed by atoms with Crippen molar-refractivity contribution in [3.05, 3.63) is 33.4 Å². The van der Waals surface area contributed by atoms with E-state index < -0.39 is 12.1 Å². The summed E-state index contributed by atoms with van der Waals surface area (Å²) in [7, 11) is 0. The van der Waals surface area contributed by atoms with Crippen LogP contribution in [-0.4, -0.2) is 23.3 Å². The van der Waals surface area contributed by atoms with E-state index in [1.807, 2.05) is 38.1 Å². The fourth-order valence-corrected chi connectivity index (χ4v) is 1.72. The molecule has 1 atom stereocenters. The zero-order valence-corrected chi connectivity index (χ0v) is 11.5. The third kappa shape index (κ3) is 4.49. The minimum atomic E-state index is -0.910. The van der Waals surface area contributed by atoms with Crippen molar-refractivity contribution < 1.29 is 14.6 Å². The number of benzene rings is 1. The Kier molecular flexibility index (Phi) is 5.21. The average molecular weight is 334 g/mol. The Bertz CT molecular complexity index is 346. The van der Waals surface area contributed by atoms with Gasteiger partial charge >= 0.3 is 5.97 Å². The lowest BCUT2D eigenvalue weighted by molar-refractivity contribution is -0.153. The summed E-state index contributed by atoms with van der Waals surface area (Å²) in [5.41, 5.74) is 0.980. The van der Waals surface area contributed by atoms with Gasteiger partial charge in [-0.1, -0.05) is 12.1 Å². The maximum absolute atomic E-state index is 11.0. The lowest BCUT2D eigenvalue weighted by Gasteiger charge is -2.16. The zero-order valence-electron chi connectivity index (χ0n) is 9.31. The van der Waals surface area contributed by atoms with Crippen LogP contribution in [-0.2, 0) is 16.0 Å². The number of halogens is 1. The summed E-state index contributed by atoms with van der Waals surface area (Å²) < 4.78 is 6.48. The topological polar surface area (TPSA) is 46.5 Å². The highest BCUT2D eigenvalue weighted by Crippen LogP contribution is 2.11. The summed E-state index contributed by atoms with van der Waals surface area (Å²) >= 11 is 2.22. The van der Waals surface area contributed by atoms with Gasteiger partial charge in [0.1, 0.15) is 0 Å². The molecule has 0 spiro atoms. The first-order valence-electron chi connectivity index (χ1n) is 5.11. The molecule has 0 saturated carbocycles. The van der Waals surface area contributed by atoms with Crippen molar-refractivity contribution in [1.29, 1.82) is 0 Å². The molecule has 0 bridgehead atoms. The molecule has 0 unspecified atom stereocenters. The van der Waals surface area contributed by atoms with E-state index in [0.717, 1.165) is 9.13 Å².